The number of ether oxygens (including phenoxy) is 2. The molecule has 20 heavy (non-hydrogen) atoms. The minimum atomic E-state index is -0.456. The quantitative estimate of drug-likeness (QED) is 0.348. The van der Waals surface area contributed by atoms with Crippen LogP contribution in [0.3, 0.4) is 0 Å². The fourth-order valence-electron chi connectivity index (χ4n) is 2.34. The van der Waals surface area contributed by atoms with Crippen LogP contribution in [0.4, 0.5) is 0 Å². The summed E-state index contributed by atoms with van der Waals surface area (Å²) in [5, 5.41) is 0. The van der Waals surface area contributed by atoms with Crippen LogP contribution in [0.25, 0.3) is 0 Å². The molecule has 0 aromatic heterocycles. The van der Waals surface area contributed by atoms with Gasteiger partial charge in [-0.3, -0.25) is 0 Å². The minimum absolute atomic E-state index is 0.456. The van der Waals surface area contributed by atoms with E-state index in [0.29, 0.717) is 0 Å². The van der Waals surface area contributed by atoms with Gasteiger partial charge in [0.15, 0.2) is 5.79 Å². The summed E-state index contributed by atoms with van der Waals surface area (Å²) in [7, 11) is 4.14. The smallest absolute Gasteiger partial charge is 0.178 e. The molecule has 0 bridgehead atoms. The highest BCUT2D eigenvalue weighted by Gasteiger charge is 2.26. The van der Waals surface area contributed by atoms with Gasteiger partial charge in [0.25, 0.3) is 0 Å². The Morgan fingerprint density at radius 3 is 1.55 bits per heavy atom. The highest BCUT2D eigenvalue weighted by Crippen LogP contribution is 2.16. The minimum Gasteiger partial charge on any atom is -0.349 e. The molecule has 0 amide bonds. The van der Waals surface area contributed by atoms with Crippen LogP contribution in [0.2, 0.25) is 0 Å². The first-order chi connectivity index (χ1) is 9.54. The number of hydrogen-bond donors (Lipinski definition) is 0. The van der Waals surface area contributed by atoms with Crippen molar-refractivity contribution in [1.82, 2.24) is 4.90 Å². The molecule has 122 valence electrons. The molecule has 0 aliphatic rings. The Morgan fingerprint density at radius 2 is 1.20 bits per heavy atom. The van der Waals surface area contributed by atoms with Crippen LogP contribution in [0.1, 0.15) is 72.1 Å². The van der Waals surface area contributed by atoms with Gasteiger partial charge < -0.3 is 14.4 Å². The molecule has 0 fully saturated rings. The topological polar surface area (TPSA) is 21.7 Å². The zero-order valence-corrected chi connectivity index (χ0v) is 14.5. The molecule has 3 heteroatoms. The number of nitrogens with zero attached hydrogens (tertiary/aromatic N) is 1. The highest BCUT2D eigenvalue weighted by atomic mass is 16.7. The summed E-state index contributed by atoms with van der Waals surface area (Å²) in [6, 6.07) is 0. The average Bonchev–Trinajstić information content (AvgIpc) is 2.37. The Bertz CT molecular complexity index is 193. The van der Waals surface area contributed by atoms with E-state index in [4.69, 9.17) is 9.47 Å². The summed E-state index contributed by atoms with van der Waals surface area (Å²) in [6.45, 7) is 8.96. The molecular formula is C17H37NO2. The summed E-state index contributed by atoms with van der Waals surface area (Å²) < 4.78 is 12.1. The van der Waals surface area contributed by atoms with Gasteiger partial charge in [0.05, 0.1) is 19.8 Å². The highest BCUT2D eigenvalue weighted by molar-refractivity contribution is 4.67. The molecule has 0 rings (SSSR count). The lowest BCUT2D eigenvalue weighted by atomic mass is 10.2. The van der Waals surface area contributed by atoms with Gasteiger partial charge in [-0.15, -0.1) is 0 Å². The first-order valence-electron chi connectivity index (χ1n) is 8.46. The summed E-state index contributed by atoms with van der Waals surface area (Å²) in [5.41, 5.74) is 0. The summed E-state index contributed by atoms with van der Waals surface area (Å²) in [5.74, 6) is -0.456. The van der Waals surface area contributed by atoms with E-state index in [0.717, 1.165) is 32.6 Å². The first-order valence-corrected chi connectivity index (χ1v) is 8.46. The van der Waals surface area contributed by atoms with Crippen molar-refractivity contribution in [1.29, 1.82) is 0 Å². The van der Waals surface area contributed by atoms with Crippen molar-refractivity contribution in [3.63, 3.8) is 0 Å². The fraction of sp³-hybridized carbons (Fsp3) is 1.00. The lowest BCUT2D eigenvalue weighted by Gasteiger charge is -2.32. The lowest BCUT2D eigenvalue weighted by molar-refractivity contribution is -0.232. The molecule has 0 aromatic rings. The largest absolute Gasteiger partial charge is 0.349 e. The van der Waals surface area contributed by atoms with E-state index in [1.54, 1.807) is 0 Å². The fourth-order valence-corrected chi connectivity index (χ4v) is 2.34. The van der Waals surface area contributed by atoms with Gasteiger partial charge in [-0.1, -0.05) is 52.4 Å². The average molecular weight is 287 g/mol. The molecular weight excluding hydrogens is 250 g/mol. The van der Waals surface area contributed by atoms with Crippen molar-refractivity contribution in [2.45, 2.75) is 77.9 Å². The van der Waals surface area contributed by atoms with E-state index in [2.05, 4.69) is 39.8 Å². The molecule has 0 atom stereocenters. The Labute approximate surface area is 127 Å². The van der Waals surface area contributed by atoms with Crippen LogP contribution in [0.5, 0.6) is 0 Å². The van der Waals surface area contributed by atoms with E-state index in [9.17, 15) is 0 Å². The molecule has 3 nitrogen and oxygen atoms in total. The second-order valence-corrected chi connectivity index (χ2v) is 6.19. The zero-order chi connectivity index (χ0) is 15.3. The molecule has 0 spiro atoms. The predicted molar refractivity (Wildman–Crippen MR) is 87.1 cm³/mol. The molecule has 0 aliphatic heterocycles. The summed E-state index contributed by atoms with van der Waals surface area (Å²) >= 11 is 0. The lowest BCUT2D eigenvalue weighted by Crippen LogP contribution is -2.43. The summed E-state index contributed by atoms with van der Waals surface area (Å²) in [4.78, 5) is 2.14. The number of rotatable bonds is 14. The predicted octanol–water partition coefficient (Wildman–Crippen LogP) is 4.46. The van der Waals surface area contributed by atoms with E-state index in [-0.39, 0.29) is 0 Å². The van der Waals surface area contributed by atoms with Crippen molar-refractivity contribution in [3.8, 4) is 0 Å². The van der Waals surface area contributed by atoms with Crippen LogP contribution in [0.15, 0.2) is 0 Å². The maximum Gasteiger partial charge on any atom is 0.178 e. The monoisotopic (exact) mass is 287 g/mol. The second kappa shape index (κ2) is 12.6. The van der Waals surface area contributed by atoms with E-state index >= 15 is 0 Å². The Kier molecular flexibility index (Phi) is 12.5. The maximum absolute atomic E-state index is 6.03. The maximum atomic E-state index is 6.03. The van der Waals surface area contributed by atoms with Gasteiger partial charge in [-0.05, 0) is 33.9 Å². The van der Waals surface area contributed by atoms with Gasteiger partial charge >= 0.3 is 0 Å². The van der Waals surface area contributed by atoms with Gasteiger partial charge in [0.1, 0.15) is 0 Å². The second-order valence-electron chi connectivity index (χ2n) is 6.19. The normalized spacial score (nSPS) is 12.3. The van der Waals surface area contributed by atoms with Crippen LogP contribution < -0.4 is 0 Å². The standard InChI is InChI=1S/C17H37NO2/c1-6-8-10-12-14-19-17(3,16-18(4)5)20-15-13-11-9-7-2/h6-16H2,1-5H3. The number of unbranched alkanes of at least 4 members (excludes halogenated alkanes) is 6. The molecule has 0 aliphatic carbocycles. The third kappa shape index (κ3) is 11.7. The number of likely N-dealkylation sites (N-methyl/N-ethyl adjacent to an activating group) is 1. The van der Waals surface area contributed by atoms with Crippen molar-refractivity contribution in [2.75, 3.05) is 33.9 Å². The molecule has 0 heterocycles. The van der Waals surface area contributed by atoms with E-state index in [1.165, 1.54) is 38.5 Å². The van der Waals surface area contributed by atoms with Gasteiger partial charge in [0, 0.05) is 0 Å². The van der Waals surface area contributed by atoms with E-state index in [1.807, 2.05) is 0 Å². The van der Waals surface area contributed by atoms with Gasteiger partial charge in [-0.2, -0.15) is 0 Å². The molecule has 0 saturated carbocycles. The SMILES string of the molecule is CCCCCCOC(C)(CN(C)C)OCCCCCC. The van der Waals surface area contributed by atoms with Crippen molar-refractivity contribution in [3.05, 3.63) is 0 Å². The van der Waals surface area contributed by atoms with Crippen LogP contribution >= 0.6 is 0 Å². The van der Waals surface area contributed by atoms with Crippen LogP contribution in [-0.4, -0.2) is 44.5 Å². The van der Waals surface area contributed by atoms with Crippen molar-refractivity contribution < 1.29 is 9.47 Å². The zero-order valence-electron chi connectivity index (χ0n) is 14.5. The summed E-state index contributed by atoms with van der Waals surface area (Å²) in [6.07, 6.45) is 9.91. The molecule has 0 aromatic carbocycles. The van der Waals surface area contributed by atoms with Crippen molar-refractivity contribution in [2.24, 2.45) is 0 Å². The molecule has 0 N–H and O–H groups in total. The van der Waals surface area contributed by atoms with Crippen LogP contribution in [0, 0.1) is 0 Å². The third-order valence-corrected chi connectivity index (χ3v) is 3.41. The Hall–Kier alpha value is -0.120. The van der Waals surface area contributed by atoms with Crippen molar-refractivity contribution >= 4 is 0 Å². The first kappa shape index (κ1) is 19.9. The molecule has 0 unspecified atom stereocenters. The van der Waals surface area contributed by atoms with Crippen LogP contribution in [-0.2, 0) is 9.47 Å². The van der Waals surface area contributed by atoms with Gasteiger partial charge in [0.2, 0.25) is 0 Å². The Morgan fingerprint density at radius 1 is 0.750 bits per heavy atom. The van der Waals surface area contributed by atoms with Gasteiger partial charge in [-0.25, -0.2) is 0 Å². The number of hydrogen-bond acceptors (Lipinski definition) is 3. The molecule has 0 radical (unpaired) electrons. The third-order valence-electron chi connectivity index (χ3n) is 3.41. The van der Waals surface area contributed by atoms with E-state index < -0.39 is 5.79 Å². The Balaban J connectivity index is 3.94. The molecule has 0 saturated heterocycles.